The van der Waals surface area contributed by atoms with Gasteiger partial charge in [-0.15, -0.1) is 0 Å². The summed E-state index contributed by atoms with van der Waals surface area (Å²) in [5.74, 6) is -1.50. The van der Waals surface area contributed by atoms with Gasteiger partial charge in [0.25, 0.3) is 5.79 Å². The number of rotatable bonds is 9. The molecule has 7 nitrogen and oxygen atoms in total. The van der Waals surface area contributed by atoms with Crippen molar-refractivity contribution in [2.75, 3.05) is 26.9 Å². The maximum atomic E-state index is 11.6. The number of nitrogens with zero attached hydrogens (tertiary/aromatic N) is 1. The molecular weight excluding hydrogens is 324 g/mol. The van der Waals surface area contributed by atoms with E-state index >= 15 is 0 Å². The lowest BCUT2D eigenvalue weighted by Gasteiger charge is -2.35. The summed E-state index contributed by atoms with van der Waals surface area (Å²) in [6.07, 6.45) is 4.53. The minimum atomic E-state index is -1.27. The highest BCUT2D eigenvalue weighted by atomic mass is 16.7. The normalized spacial score (nSPS) is 23.0. The molecule has 1 aliphatic heterocycles. The highest BCUT2D eigenvalue weighted by Gasteiger charge is 2.41. The van der Waals surface area contributed by atoms with E-state index < -0.39 is 11.8 Å². The summed E-state index contributed by atoms with van der Waals surface area (Å²) in [4.78, 5) is 21.2. The van der Waals surface area contributed by atoms with Gasteiger partial charge in [0.1, 0.15) is 0 Å². The van der Waals surface area contributed by atoms with E-state index in [4.69, 9.17) is 14.3 Å². The van der Waals surface area contributed by atoms with E-state index in [1.807, 2.05) is 18.2 Å². The number of ether oxygens (including phenoxy) is 3. The summed E-state index contributed by atoms with van der Waals surface area (Å²) >= 11 is 0. The van der Waals surface area contributed by atoms with Crippen LogP contribution < -0.4 is 5.48 Å². The quantitative estimate of drug-likeness (QED) is 0.416. The Bertz CT molecular complexity index is 556. The maximum Gasteiger partial charge on any atom is 0.366 e. The Morgan fingerprint density at radius 2 is 2.16 bits per heavy atom. The molecule has 1 aromatic heterocycles. The summed E-state index contributed by atoms with van der Waals surface area (Å²) < 4.78 is 15.7. The van der Waals surface area contributed by atoms with Crippen LogP contribution >= 0.6 is 0 Å². The van der Waals surface area contributed by atoms with Gasteiger partial charge < -0.3 is 14.2 Å². The predicted molar refractivity (Wildman–Crippen MR) is 92.0 cm³/mol. The Kier molecular flexibility index (Phi) is 7.36. The summed E-state index contributed by atoms with van der Waals surface area (Å²) in [6, 6.07) is 5.61. The third kappa shape index (κ3) is 5.81. The van der Waals surface area contributed by atoms with Crippen LogP contribution in [0.25, 0.3) is 5.70 Å². The zero-order valence-electron chi connectivity index (χ0n) is 14.8. The van der Waals surface area contributed by atoms with E-state index in [2.05, 4.69) is 21.8 Å². The van der Waals surface area contributed by atoms with Gasteiger partial charge in [0, 0.05) is 19.0 Å². The number of pyridine rings is 1. The highest BCUT2D eigenvalue weighted by molar-refractivity contribution is 5.77. The minimum Gasteiger partial charge on any atom is -0.465 e. The lowest BCUT2D eigenvalue weighted by molar-refractivity contribution is -0.272. The van der Waals surface area contributed by atoms with Crippen molar-refractivity contribution in [3.63, 3.8) is 0 Å². The molecule has 2 rings (SSSR count). The Labute approximate surface area is 148 Å². The molecule has 0 amide bonds. The summed E-state index contributed by atoms with van der Waals surface area (Å²) in [5.41, 5.74) is 4.20. The van der Waals surface area contributed by atoms with Crippen LogP contribution in [-0.4, -0.2) is 43.7 Å². The number of carbonyl (C=O) groups is 1. The number of esters is 1. The summed E-state index contributed by atoms with van der Waals surface area (Å²) in [6.45, 7) is 7.01. The number of carbonyl (C=O) groups excluding carboxylic acids is 1. The Hall–Kier alpha value is -1.96. The summed E-state index contributed by atoms with van der Waals surface area (Å²) in [5, 5.41) is 0. The zero-order valence-corrected chi connectivity index (χ0v) is 14.8. The van der Waals surface area contributed by atoms with Crippen LogP contribution in [0.15, 0.2) is 31.0 Å². The molecule has 0 saturated carbocycles. The molecule has 0 bridgehead atoms. The number of aromatic nitrogens is 1. The van der Waals surface area contributed by atoms with Gasteiger partial charge in [-0.25, -0.2) is 4.79 Å². The molecule has 0 radical (unpaired) electrons. The average molecular weight is 350 g/mol. The molecule has 0 aliphatic carbocycles. The first-order valence-corrected chi connectivity index (χ1v) is 8.39. The molecule has 0 spiro atoms. The predicted octanol–water partition coefficient (Wildman–Crippen LogP) is 2.30. The first kappa shape index (κ1) is 19.4. The van der Waals surface area contributed by atoms with Gasteiger partial charge in [-0.2, -0.15) is 0 Å². The van der Waals surface area contributed by atoms with E-state index in [1.54, 1.807) is 13.1 Å². The van der Waals surface area contributed by atoms with Crippen LogP contribution in [-0.2, 0) is 23.8 Å². The molecule has 1 aromatic rings. The standard InChI is InChI=1S/C18H26N2O5/c1-14(16-9-4-6-10-19-16)20-25-11-7-5-8-15-12-23-18(2,24-13-15)17(21)22-3/h4,6,9-10,15,20H,1,5,7-8,11-13H2,2-3H3. The van der Waals surface area contributed by atoms with Crippen LogP contribution in [0.1, 0.15) is 31.9 Å². The second-order valence-corrected chi connectivity index (χ2v) is 6.07. The fourth-order valence-corrected chi connectivity index (χ4v) is 2.45. The largest absolute Gasteiger partial charge is 0.465 e. The monoisotopic (exact) mass is 350 g/mol. The second-order valence-electron chi connectivity index (χ2n) is 6.07. The van der Waals surface area contributed by atoms with Crippen molar-refractivity contribution in [1.82, 2.24) is 10.5 Å². The van der Waals surface area contributed by atoms with Gasteiger partial charge in [0.05, 0.1) is 38.3 Å². The SMILES string of the molecule is C=C(NOCCCCC1COC(C)(C(=O)OC)OC1)c1ccccn1. The molecule has 0 aromatic carbocycles. The fourth-order valence-electron chi connectivity index (χ4n) is 2.45. The van der Waals surface area contributed by atoms with Crippen LogP contribution in [0, 0.1) is 5.92 Å². The molecule has 7 heteroatoms. The van der Waals surface area contributed by atoms with Gasteiger partial charge in [-0.3, -0.25) is 15.3 Å². The topological polar surface area (TPSA) is 78.9 Å². The number of methoxy groups -OCH3 is 1. The van der Waals surface area contributed by atoms with Crippen LogP contribution in [0.5, 0.6) is 0 Å². The van der Waals surface area contributed by atoms with Gasteiger partial charge >= 0.3 is 5.97 Å². The van der Waals surface area contributed by atoms with E-state index in [0.717, 1.165) is 25.0 Å². The molecule has 0 atom stereocenters. The molecule has 25 heavy (non-hydrogen) atoms. The lowest BCUT2D eigenvalue weighted by Crippen LogP contribution is -2.48. The second kappa shape index (κ2) is 9.50. The van der Waals surface area contributed by atoms with Crippen molar-refractivity contribution in [1.29, 1.82) is 0 Å². The molecule has 1 aliphatic rings. The zero-order chi connectivity index (χ0) is 18.1. The molecule has 2 heterocycles. The Morgan fingerprint density at radius 3 is 2.80 bits per heavy atom. The van der Waals surface area contributed by atoms with E-state index in [0.29, 0.717) is 25.5 Å². The summed E-state index contributed by atoms with van der Waals surface area (Å²) in [7, 11) is 1.32. The minimum absolute atomic E-state index is 0.272. The molecule has 1 fully saturated rings. The molecule has 0 unspecified atom stereocenters. The van der Waals surface area contributed by atoms with Crippen LogP contribution in [0.4, 0.5) is 0 Å². The fraction of sp³-hybridized carbons (Fsp3) is 0.556. The lowest BCUT2D eigenvalue weighted by atomic mass is 10.0. The first-order valence-electron chi connectivity index (χ1n) is 8.39. The van der Waals surface area contributed by atoms with Crippen molar-refractivity contribution in [2.24, 2.45) is 5.92 Å². The van der Waals surface area contributed by atoms with Crippen molar-refractivity contribution in [3.8, 4) is 0 Å². The van der Waals surface area contributed by atoms with E-state index in [1.165, 1.54) is 7.11 Å². The van der Waals surface area contributed by atoms with Crippen molar-refractivity contribution < 1.29 is 23.8 Å². The Morgan fingerprint density at radius 1 is 1.40 bits per heavy atom. The van der Waals surface area contributed by atoms with E-state index in [9.17, 15) is 4.79 Å². The van der Waals surface area contributed by atoms with Crippen molar-refractivity contribution in [3.05, 3.63) is 36.7 Å². The first-order chi connectivity index (χ1) is 12.0. The molecular formula is C18H26N2O5. The third-order valence-electron chi connectivity index (χ3n) is 4.02. The third-order valence-corrected chi connectivity index (χ3v) is 4.02. The maximum absolute atomic E-state index is 11.6. The number of hydrogen-bond acceptors (Lipinski definition) is 7. The van der Waals surface area contributed by atoms with Gasteiger partial charge in [-0.1, -0.05) is 19.1 Å². The molecule has 1 saturated heterocycles. The van der Waals surface area contributed by atoms with Gasteiger partial charge in [-0.05, 0) is 25.0 Å². The van der Waals surface area contributed by atoms with Crippen LogP contribution in [0.2, 0.25) is 0 Å². The average Bonchev–Trinajstić information content (AvgIpc) is 2.65. The molecule has 138 valence electrons. The number of hydroxylamine groups is 1. The number of hydrogen-bond donors (Lipinski definition) is 1. The highest BCUT2D eigenvalue weighted by Crippen LogP contribution is 2.25. The van der Waals surface area contributed by atoms with E-state index in [-0.39, 0.29) is 5.92 Å². The Balaban J connectivity index is 1.54. The molecule has 1 N–H and O–H groups in total. The van der Waals surface area contributed by atoms with Gasteiger partial charge in [0.2, 0.25) is 0 Å². The van der Waals surface area contributed by atoms with Crippen molar-refractivity contribution in [2.45, 2.75) is 32.0 Å². The number of nitrogens with one attached hydrogen (secondary N) is 1. The smallest absolute Gasteiger partial charge is 0.366 e. The number of unbranched alkanes of at least 4 members (excludes halogenated alkanes) is 1. The van der Waals surface area contributed by atoms with Crippen molar-refractivity contribution >= 4 is 11.7 Å². The van der Waals surface area contributed by atoms with Crippen LogP contribution in [0.3, 0.4) is 0 Å². The van der Waals surface area contributed by atoms with Gasteiger partial charge in [0.15, 0.2) is 0 Å².